The van der Waals surface area contributed by atoms with E-state index < -0.39 is 17.5 Å². The van der Waals surface area contributed by atoms with Crippen LogP contribution in [0.1, 0.15) is 42.9 Å². The van der Waals surface area contributed by atoms with Crippen LogP contribution in [0.5, 0.6) is 11.5 Å². The van der Waals surface area contributed by atoms with Gasteiger partial charge in [-0.3, -0.25) is 20.4 Å². The van der Waals surface area contributed by atoms with Crippen LogP contribution in [0.4, 0.5) is 10.6 Å². The van der Waals surface area contributed by atoms with Gasteiger partial charge < -0.3 is 14.4 Å². The number of aromatic nitrogens is 2. The molecule has 1 saturated heterocycles. The Labute approximate surface area is 222 Å². The first-order valence-electron chi connectivity index (χ1n) is 12.9. The highest BCUT2D eigenvalue weighted by atomic mass is 16.5. The molecule has 1 aliphatic heterocycles. The Morgan fingerprint density at radius 3 is 2.45 bits per heavy atom. The lowest BCUT2D eigenvalue weighted by molar-refractivity contribution is -0.132. The number of hydrogen-bond acceptors (Lipinski definition) is 7. The van der Waals surface area contributed by atoms with Gasteiger partial charge in [-0.1, -0.05) is 24.3 Å². The third kappa shape index (κ3) is 5.84. The van der Waals surface area contributed by atoms with Crippen LogP contribution in [0.3, 0.4) is 0 Å². The lowest BCUT2D eigenvalue weighted by Crippen LogP contribution is -2.43. The molecule has 9 heteroatoms. The normalized spacial score (nSPS) is 17.0. The van der Waals surface area contributed by atoms with Crippen molar-refractivity contribution in [3.05, 3.63) is 66.0 Å². The number of ether oxygens (including phenoxy) is 2. The third-order valence-electron chi connectivity index (χ3n) is 7.37. The van der Waals surface area contributed by atoms with Crippen LogP contribution < -0.4 is 15.4 Å². The Balaban J connectivity index is 1.21. The smallest absolute Gasteiger partial charge is 0.327 e. The number of pyridine rings is 2. The molecule has 0 unspecified atom stereocenters. The number of nitrogens with one attached hydrogen (secondary N) is 2. The van der Waals surface area contributed by atoms with E-state index >= 15 is 0 Å². The number of likely N-dealkylation sites (tertiary alicyclic amines) is 1. The van der Waals surface area contributed by atoms with Gasteiger partial charge in [0, 0.05) is 24.9 Å². The molecule has 2 aliphatic rings. The minimum absolute atomic E-state index is 0.308. The lowest BCUT2D eigenvalue weighted by atomic mass is 9.89. The Kier molecular flexibility index (Phi) is 7.40. The summed E-state index contributed by atoms with van der Waals surface area (Å²) in [6.07, 6.45) is 5.31. The zero-order valence-corrected chi connectivity index (χ0v) is 22.0. The van der Waals surface area contributed by atoms with Crippen molar-refractivity contribution in [1.29, 1.82) is 0 Å². The monoisotopic (exact) mass is 515 g/mol. The molecular formula is C29H33N5O4. The lowest BCUT2D eigenvalue weighted by Gasteiger charge is -2.29. The van der Waals surface area contributed by atoms with Gasteiger partial charge >= 0.3 is 6.03 Å². The van der Waals surface area contributed by atoms with E-state index in [0.717, 1.165) is 24.3 Å². The Morgan fingerprint density at radius 1 is 1.05 bits per heavy atom. The Bertz CT molecular complexity index is 1310. The predicted octanol–water partition coefficient (Wildman–Crippen LogP) is 4.88. The van der Waals surface area contributed by atoms with Crippen LogP contribution in [-0.2, 0) is 9.53 Å². The van der Waals surface area contributed by atoms with Crippen LogP contribution >= 0.6 is 0 Å². The van der Waals surface area contributed by atoms with E-state index in [4.69, 9.17) is 9.47 Å². The average Bonchev–Trinajstić information content (AvgIpc) is 3.73. The summed E-state index contributed by atoms with van der Waals surface area (Å²) in [5.41, 5.74) is 2.95. The second kappa shape index (κ2) is 10.9. The van der Waals surface area contributed by atoms with Crippen molar-refractivity contribution in [2.75, 3.05) is 32.6 Å². The number of urea groups is 1. The number of imide groups is 1. The molecule has 0 bridgehead atoms. The van der Waals surface area contributed by atoms with Gasteiger partial charge in [-0.05, 0) is 82.4 Å². The fourth-order valence-electron chi connectivity index (χ4n) is 4.76. The molecule has 38 heavy (non-hydrogen) atoms. The van der Waals surface area contributed by atoms with Crippen molar-refractivity contribution in [3.63, 3.8) is 0 Å². The molecule has 2 N–H and O–H groups in total. The molecule has 0 radical (unpaired) electrons. The molecule has 0 atom stereocenters. The number of aryl methyl sites for hydroxylation is 1. The summed E-state index contributed by atoms with van der Waals surface area (Å²) >= 11 is 0. The molecule has 1 saturated carbocycles. The molecule has 3 heterocycles. The van der Waals surface area contributed by atoms with E-state index in [9.17, 15) is 9.59 Å². The summed E-state index contributed by atoms with van der Waals surface area (Å²) in [6.45, 7) is 4.07. The first-order chi connectivity index (χ1) is 18.3. The van der Waals surface area contributed by atoms with Gasteiger partial charge in [-0.2, -0.15) is 0 Å². The van der Waals surface area contributed by atoms with Crippen molar-refractivity contribution in [2.24, 2.45) is 0 Å². The van der Waals surface area contributed by atoms with Crippen LogP contribution in [0, 0.1) is 6.92 Å². The molecule has 2 fully saturated rings. The van der Waals surface area contributed by atoms with Crippen LogP contribution in [-0.4, -0.2) is 59.7 Å². The number of carbonyl (C=O) groups excluding carboxylic acids is 2. The minimum Gasteiger partial charge on any atom is -0.455 e. The molecule has 1 aliphatic carbocycles. The van der Waals surface area contributed by atoms with Gasteiger partial charge in [0.2, 0.25) is 0 Å². The summed E-state index contributed by atoms with van der Waals surface area (Å²) in [6, 6.07) is 15.1. The van der Waals surface area contributed by atoms with Gasteiger partial charge in [-0.25, -0.2) is 9.78 Å². The summed E-state index contributed by atoms with van der Waals surface area (Å²) in [5, 5.41) is 4.89. The van der Waals surface area contributed by atoms with Crippen molar-refractivity contribution in [2.45, 2.75) is 44.1 Å². The van der Waals surface area contributed by atoms with Crippen LogP contribution in [0.25, 0.3) is 11.3 Å². The molecule has 1 aromatic carbocycles. The zero-order chi connectivity index (χ0) is 26.7. The SMILES string of the molecule is COC1(C(=O)NC(=O)Nc2ccc(Oc3ccnc(-c4ccc(C5CCN(C)CC5)cc4)c3)c(C)n2)CC1. The van der Waals surface area contributed by atoms with Gasteiger partial charge in [0.1, 0.15) is 22.9 Å². The number of anilines is 1. The Morgan fingerprint density at radius 2 is 1.79 bits per heavy atom. The van der Waals surface area contributed by atoms with Crippen molar-refractivity contribution >= 4 is 17.8 Å². The van der Waals surface area contributed by atoms with E-state index in [1.807, 2.05) is 6.07 Å². The van der Waals surface area contributed by atoms with Gasteiger partial charge in [0.25, 0.3) is 5.91 Å². The highest BCUT2D eigenvalue weighted by molar-refractivity contribution is 6.04. The maximum absolute atomic E-state index is 12.2. The number of rotatable bonds is 7. The highest BCUT2D eigenvalue weighted by Gasteiger charge is 2.51. The van der Waals surface area contributed by atoms with Crippen molar-refractivity contribution < 1.29 is 19.1 Å². The van der Waals surface area contributed by atoms with Gasteiger partial charge in [-0.15, -0.1) is 0 Å². The second-order valence-corrected chi connectivity index (χ2v) is 10.1. The van der Waals surface area contributed by atoms with E-state index in [1.54, 1.807) is 31.3 Å². The fourth-order valence-corrected chi connectivity index (χ4v) is 4.76. The zero-order valence-electron chi connectivity index (χ0n) is 22.0. The molecular weight excluding hydrogens is 482 g/mol. The quantitative estimate of drug-likeness (QED) is 0.462. The molecule has 3 aromatic rings. The van der Waals surface area contributed by atoms with E-state index in [-0.39, 0.29) is 0 Å². The summed E-state index contributed by atoms with van der Waals surface area (Å²) in [4.78, 5) is 35.7. The largest absolute Gasteiger partial charge is 0.455 e. The number of amides is 3. The number of methoxy groups -OCH3 is 1. The van der Waals surface area contributed by atoms with Crippen molar-refractivity contribution in [1.82, 2.24) is 20.2 Å². The fraction of sp³-hybridized carbons (Fsp3) is 0.379. The van der Waals surface area contributed by atoms with Crippen molar-refractivity contribution in [3.8, 4) is 22.8 Å². The number of nitrogens with zero attached hydrogens (tertiary/aromatic N) is 3. The highest BCUT2D eigenvalue weighted by Crippen LogP contribution is 2.39. The molecule has 0 spiro atoms. The molecule has 2 aromatic heterocycles. The standard InChI is InChI=1S/C29H33N5O4/c1-19-25(8-9-26(31-19)32-28(36)33-27(35)29(37-3)13-14-29)38-23-10-15-30-24(18-23)22-6-4-20(5-7-22)21-11-16-34(2)17-12-21/h4-10,15,18,21H,11-14,16-17H2,1-3H3,(H2,31,32,33,35,36). The predicted molar refractivity (Wildman–Crippen MR) is 144 cm³/mol. The maximum atomic E-state index is 12.2. The summed E-state index contributed by atoms with van der Waals surface area (Å²) in [7, 11) is 3.64. The maximum Gasteiger partial charge on any atom is 0.327 e. The van der Waals surface area contributed by atoms with Gasteiger partial charge in [0.05, 0.1) is 11.4 Å². The van der Waals surface area contributed by atoms with Gasteiger partial charge in [0.15, 0.2) is 0 Å². The second-order valence-electron chi connectivity index (χ2n) is 10.1. The number of benzene rings is 1. The van der Waals surface area contributed by atoms with Crippen LogP contribution in [0.15, 0.2) is 54.7 Å². The summed E-state index contributed by atoms with van der Waals surface area (Å²) in [5.74, 6) is 1.67. The van der Waals surface area contributed by atoms with E-state index in [1.165, 1.54) is 25.5 Å². The Hall–Kier alpha value is -3.82. The minimum atomic E-state index is -0.878. The topological polar surface area (TPSA) is 106 Å². The summed E-state index contributed by atoms with van der Waals surface area (Å²) < 4.78 is 11.3. The van der Waals surface area contributed by atoms with Crippen LogP contribution in [0.2, 0.25) is 0 Å². The first kappa shape index (κ1) is 25.8. The number of piperidine rings is 1. The molecule has 3 amide bonds. The molecule has 9 nitrogen and oxygen atoms in total. The first-order valence-corrected chi connectivity index (χ1v) is 12.9. The number of carbonyl (C=O) groups is 2. The van der Waals surface area contributed by atoms with E-state index in [0.29, 0.717) is 41.8 Å². The average molecular weight is 516 g/mol. The third-order valence-corrected chi connectivity index (χ3v) is 7.37. The molecule has 5 rings (SSSR count). The number of hydrogen-bond donors (Lipinski definition) is 2. The van der Waals surface area contributed by atoms with E-state index in [2.05, 4.69) is 56.8 Å². The molecule has 198 valence electrons.